The highest BCUT2D eigenvalue weighted by atomic mass is 16.5. The van der Waals surface area contributed by atoms with E-state index in [1.807, 2.05) is 29.5 Å². The molecule has 8 nitrogen and oxygen atoms in total. The fraction of sp³-hybridized carbons (Fsp3) is 0.556. The Kier molecular flexibility index (Phi) is 5.31. The predicted molar refractivity (Wildman–Crippen MR) is 133 cm³/mol. The van der Waals surface area contributed by atoms with E-state index in [9.17, 15) is 0 Å². The second kappa shape index (κ2) is 8.68. The first kappa shape index (κ1) is 21.4. The Morgan fingerprint density at radius 3 is 2.71 bits per heavy atom. The van der Waals surface area contributed by atoms with Crippen LogP contribution in [0.1, 0.15) is 55.7 Å². The standard InChI is InChI=1S/C27H33N7O/c1-2-23(29-11-19-3-4-19)15-33(9-1)24-7-8-26(30-14-24)27(17-35-18-27)34-16-25(31-32-34)22-10-21(12-28-13-22)20-5-6-20/h7-8,10,12-14,16,19-20,23,29H,1-6,9,11,15,17-18H2/t23-/m1/s1. The highest BCUT2D eigenvalue weighted by molar-refractivity contribution is 5.58. The number of piperidine rings is 1. The summed E-state index contributed by atoms with van der Waals surface area (Å²) in [4.78, 5) is 11.8. The lowest BCUT2D eigenvalue weighted by molar-refractivity contribution is -0.0851. The minimum Gasteiger partial charge on any atom is -0.375 e. The average molecular weight is 472 g/mol. The highest BCUT2D eigenvalue weighted by Gasteiger charge is 2.45. The van der Waals surface area contributed by atoms with Crippen molar-refractivity contribution in [2.24, 2.45) is 5.92 Å². The molecule has 5 heterocycles. The molecule has 0 amide bonds. The van der Waals surface area contributed by atoms with Crippen LogP contribution < -0.4 is 10.2 Å². The Morgan fingerprint density at radius 2 is 1.97 bits per heavy atom. The van der Waals surface area contributed by atoms with E-state index in [0.717, 1.165) is 36.0 Å². The molecule has 3 aromatic rings. The summed E-state index contributed by atoms with van der Waals surface area (Å²) >= 11 is 0. The number of aromatic nitrogens is 5. The number of ether oxygens (including phenoxy) is 1. The fourth-order valence-corrected chi connectivity index (χ4v) is 5.42. The van der Waals surface area contributed by atoms with Gasteiger partial charge >= 0.3 is 0 Å². The van der Waals surface area contributed by atoms with Gasteiger partial charge in [-0.05, 0) is 80.7 Å². The molecule has 2 saturated carbocycles. The molecule has 1 N–H and O–H groups in total. The van der Waals surface area contributed by atoms with Gasteiger partial charge in [-0.2, -0.15) is 0 Å². The Balaban J connectivity index is 1.08. The first-order valence-corrected chi connectivity index (χ1v) is 13.2. The molecule has 4 fully saturated rings. The molecule has 4 aliphatic rings. The Labute approximate surface area is 206 Å². The van der Waals surface area contributed by atoms with Crippen molar-refractivity contribution in [2.75, 3.05) is 37.7 Å². The van der Waals surface area contributed by atoms with E-state index in [1.54, 1.807) is 0 Å². The van der Waals surface area contributed by atoms with Gasteiger partial charge in [-0.3, -0.25) is 9.97 Å². The number of rotatable bonds is 8. The lowest BCUT2D eigenvalue weighted by Crippen LogP contribution is -2.53. The number of hydrogen-bond acceptors (Lipinski definition) is 7. The van der Waals surface area contributed by atoms with Crippen LogP contribution in [0.2, 0.25) is 0 Å². The minimum atomic E-state index is -0.401. The van der Waals surface area contributed by atoms with Crippen molar-refractivity contribution in [3.8, 4) is 11.3 Å². The van der Waals surface area contributed by atoms with Crippen molar-refractivity contribution in [3.63, 3.8) is 0 Å². The number of anilines is 1. The van der Waals surface area contributed by atoms with Crippen LogP contribution in [0, 0.1) is 5.92 Å². The third kappa shape index (κ3) is 4.23. The van der Waals surface area contributed by atoms with Gasteiger partial charge < -0.3 is 15.0 Å². The van der Waals surface area contributed by atoms with E-state index in [1.165, 1.54) is 56.3 Å². The van der Waals surface area contributed by atoms with Crippen molar-refractivity contribution in [3.05, 3.63) is 54.2 Å². The second-order valence-corrected chi connectivity index (χ2v) is 10.9. The van der Waals surface area contributed by atoms with Gasteiger partial charge in [-0.1, -0.05) is 5.21 Å². The molecule has 1 atom stereocenters. The fourth-order valence-electron chi connectivity index (χ4n) is 5.42. The van der Waals surface area contributed by atoms with Crippen LogP contribution in [0.25, 0.3) is 11.3 Å². The Hall–Kier alpha value is -2.84. The maximum absolute atomic E-state index is 5.67. The first-order valence-electron chi connectivity index (χ1n) is 13.2. The van der Waals surface area contributed by atoms with Crippen LogP contribution >= 0.6 is 0 Å². The van der Waals surface area contributed by atoms with E-state index in [0.29, 0.717) is 25.2 Å². The van der Waals surface area contributed by atoms with Crippen LogP contribution in [-0.4, -0.2) is 63.9 Å². The molecular formula is C27H33N7O. The van der Waals surface area contributed by atoms with Crippen LogP contribution in [0.4, 0.5) is 5.69 Å². The zero-order valence-electron chi connectivity index (χ0n) is 20.1. The van der Waals surface area contributed by atoms with Crippen LogP contribution in [0.3, 0.4) is 0 Å². The van der Waals surface area contributed by atoms with E-state index < -0.39 is 5.54 Å². The van der Waals surface area contributed by atoms with E-state index in [4.69, 9.17) is 9.72 Å². The van der Waals surface area contributed by atoms with Gasteiger partial charge in [-0.25, -0.2) is 4.68 Å². The number of hydrogen-bond donors (Lipinski definition) is 1. The molecule has 0 unspecified atom stereocenters. The normalized spacial score (nSPS) is 23.8. The minimum absolute atomic E-state index is 0.401. The van der Waals surface area contributed by atoms with E-state index >= 15 is 0 Å². The monoisotopic (exact) mass is 471 g/mol. The van der Waals surface area contributed by atoms with Crippen molar-refractivity contribution in [2.45, 2.75) is 56.0 Å². The van der Waals surface area contributed by atoms with Gasteiger partial charge in [-0.15, -0.1) is 5.10 Å². The topological polar surface area (TPSA) is 81.0 Å². The molecular weight excluding hydrogens is 438 g/mol. The van der Waals surface area contributed by atoms with Crippen LogP contribution in [-0.2, 0) is 10.3 Å². The maximum atomic E-state index is 5.67. The summed E-state index contributed by atoms with van der Waals surface area (Å²) < 4.78 is 7.61. The third-order valence-electron chi connectivity index (χ3n) is 8.12. The summed E-state index contributed by atoms with van der Waals surface area (Å²) in [6, 6.07) is 7.15. The third-order valence-corrected chi connectivity index (χ3v) is 8.12. The van der Waals surface area contributed by atoms with Gasteiger partial charge in [0.05, 0.1) is 37.0 Å². The second-order valence-electron chi connectivity index (χ2n) is 10.9. The molecule has 0 spiro atoms. The molecule has 3 aromatic heterocycles. The van der Waals surface area contributed by atoms with E-state index in [2.05, 4.69) is 43.7 Å². The highest BCUT2D eigenvalue weighted by Crippen LogP contribution is 2.41. The van der Waals surface area contributed by atoms with Crippen molar-refractivity contribution in [1.82, 2.24) is 30.3 Å². The van der Waals surface area contributed by atoms with Crippen molar-refractivity contribution in [1.29, 1.82) is 0 Å². The number of pyridine rings is 2. The molecule has 0 aromatic carbocycles. The quantitative estimate of drug-likeness (QED) is 0.540. The largest absolute Gasteiger partial charge is 0.375 e. The number of nitrogens with one attached hydrogen (secondary N) is 1. The summed E-state index contributed by atoms with van der Waals surface area (Å²) in [5.41, 5.74) is 4.95. The van der Waals surface area contributed by atoms with Gasteiger partial charge in [0.1, 0.15) is 5.69 Å². The maximum Gasteiger partial charge on any atom is 0.152 e. The molecule has 0 radical (unpaired) electrons. The SMILES string of the molecule is c1ncc(C2CC2)cc1-c1cn(C2(c3ccc(N4CCC[C@@H](NCC5CC5)C4)cn3)COC2)nn1. The lowest BCUT2D eigenvalue weighted by atomic mass is 9.92. The predicted octanol–water partition coefficient (Wildman–Crippen LogP) is 3.35. The molecule has 2 aliphatic heterocycles. The summed E-state index contributed by atoms with van der Waals surface area (Å²) in [5.74, 6) is 1.58. The van der Waals surface area contributed by atoms with Gasteiger partial charge in [0.2, 0.25) is 0 Å². The number of nitrogens with zero attached hydrogens (tertiary/aromatic N) is 6. The Bertz CT molecular complexity index is 1180. The molecule has 182 valence electrons. The van der Waals surface area contributed by atoms with Gasteiger partial charge in [0, 0.05) is 37.1 Å². The molecule has 35 heavy (non-hydrogen) atoms. The average Bonchev–Trinajstić information content (AvgIpc) is 3.82. The Morgan fingerprint density at radius 1 is 1.06 bits per heavy atom. The molecule has 2 saturated heterocycles. The molecule has 8 heteroatoms. The lowest BCUT2D eigenvalue weighted by Gasteiger charge is -2.40. The van der Waals surface area contributed by atoms with Crippen LogP contribution in [0.5, 0.6) is 0 Å². The molecule has 2 aliphatic carbocycles. The van der Waals surface area contributed by atoms with E-state index in [-0.39, 0.29) is 0 Å². The molecule has 7 rings (SSSR count). The van der Waals surface area contributed by atoms with Crippen molar-refractivity contribution >= 4 is 5.69 Å². The summed E-state index contributed by atoms with van der Waals surface area (Å²) in [6.45, 7) is 4.44. The molecule has 0 bridgehead atoms. The zero-order valence-corrected chi connectivity index (χ0v) is 20.1. The smallest absolute Gasteiger partial charge is 0.152 e. The van der Waals surface area contributed by atoms with Gasteiger partial charge in [0.15, 0.2) is 5.54 Å². The summed E-state index contributed by atoms with van der Waals surface area (Å²) in [7, 11) is 0. The zero-order chi connectivity index (χ0) is 23.2. The summed E-state index contributed by atoms with van der Waals surface area (Å²) in [5, 5.41) is 12.8. The van der Waals surface area contributed by atoms with Gasteiger partial charge in [0.25, 0.3) is 0 Å². The first-order chi connectivity index (χ1) is 17.3. The van der Waals surface area contributed by atoms with Crippen LogP contribution in [0.15, 0.2) is 43.0 Å². The van der Waals surface area contributed by atoms with Crippen molar-refractivity contribution < 1.29 is 4.74 Å². The summed E-state index contributed by atoms with van der Waals surface area (Å²) in [6.07, 6.45) is 15.7.